The van der Waals surface area contributed by atoms with Gasteiger partial charge in [-0.2, -0.15) is 0 Å². The minimum absolute atomic E-state index is 0.0135. The lowest BCUT2D eigenvalue weighted by molar-refractivity contribution is -0.127. The molecule has 1 atom stereocenters. The fraction of sp³-hybridized carbons (Fsp3) is 0.227. The maximum atomic E-state index is 14.4. The number of phenolic OH excluding ortho intramolecular Hbond substituents is 1. The van der Waals surface area contributed by atoms with E-state index < -0.39 is 5.82 Å². The molecule has 3 heterocycles. The molecular weight excluding hydrogens is 423 g/mol. The highest BCUT2D eigenvalue weighted by Crippen LogP contribution is 2.43. The number of fused-ring (bicyclic) bond motifs is 5. The Hall–Kier alpha value is -3.39. The van der Waals surface area contributed by atoms with E-state index in [1.54, 1.807) is 17.0 Å². The summed E-state index contributed by atoms with van der Waals surface area (Å²) in [6.07, 6.45) is 1.31. The van der Waals surface area contributed by atoms with Gasteiger partial charge in [0.25, 0.3) is 5.88 Å². The van der Waals surface area contributed by atoms with Gasteiger partial charge < -0.3 is 19.6 Å². The van der Waals surface area contributed by atoms with Crippen LogP contribution in [0.15, 0.2) is 43.0 Å². The maximum absolute atomic E-state index is 14.4. The summed E-state index contributed by atoms with van der Waals surface area (Å²) in [6, 6.07) is 7.35. The summed E-state index contributed by atoms with van der Waals surface area (Å²) < 4.78 is 20.3. The molecule has 1 fully saturated rings. The first-order valence-electron chi connectivity index (χ1n) is 9.76. The van der Waals surface area contributed by atoms with E-state index in [4.69, 9.17) is 16.3 Å². The smallest absolute Gasteiger partial charge is 0.258 e. The summed E-state index contributed by atoms with van der Waals surface area (Å²) in [7, 11) is 0. The van der Waals surface area contributed by atoms with Crippen LogP contribution in [0.2, 0.25) is 5.02 Å². The first kappa shape index (κ1) is 19.6. The second kappa shape index (κ2) is 7.39. The van der Waals surface area contributed by atoms with E-state index in [0.29, 0.717) is 48.6 Å². The van der Waals surface area contributed by atoms with Gasteiger partial charge >= 0.3 is 0 Å². The van der Waals surface area contributed by atoms with Gasteiger partial charge in [0.05, 0.1) is 17.1 Å². The molecule has 1 N–H and O–H groups in total. The van der Waals surface area contributed by atoms with Crippen LogP contribution in [0.1, 0.15) is 0 Å². The standard InChI is InChI=1S/C22H18ClFN4O3/c1-2-19(30)27-6-7-28-12(10-27)11-31-22-21(28)14-8-15(23)13(9-17(14)25-26-22)20-16(24)4-3-5-18(20)29/h2-5,8-9,12,29H,1,6-7,10-11H2/t12-/m1/s1. The molecule has 158 valence electrons. The van der Waals surface area contributed by atoms with Gasteiger partial charge in [0.1, 0.15) is 23.9 Å². The Bertz CT molecular complexity index is 1210. The first-order valence-corrected chi connectivity index (χ1v) is 10.1. The van der Waals surface area contributed by atoms with Crippen LogP contribution in [0.3, 0.4) is 0 Å². The first-order chi connectivity index (χ1) is 15.0. The van der Waals surface area contributed by atoms with Crippen LogP contribution in [-0.2, 0) is 4.79 Å². The van der Waals surface area contributed by atoms with Crippen molar-refractivity contribution in [2.75, 3.05) is 31.1 Å². The number of amides is 1. The molecule has 2 aliphatic rings. The number of hydrogen-bond acceptors (Lipinski definition) is 6. The molecule has 3 aromatic rings. The normalized spacial score (nSPS) is 17.7. The van der Waals surface area contributed by atoms with Crippen molar-refractivity contribution in [2.24, 2.45) is 0 Å². The summed E-state index contributed by atoms with van der Waals surface area (Å²) in [5.74, 6) is -0.512. The predicted molar refractivity (Wildman–Crippen MR) is 115 cm³/mol. The Morgan fingerprint density at radius 1 is 1.32 bits per heavy atom. The highest BCUT2D eigenvalue weighted by atomic mass is 35.5. The molecular formula is C22H18ClFN4O3. The Labute approximate surface area is 182 Å². The number of aromatic nitrogens is 2. The molecule has 31 heavy (non-hydrogen) atoms. The molecule has 2 aromatic carbocycles. The van der Waals surface area contributed by atoms with Crippen molar-refractivity contribution in [1.29, 1.82) is 0 Å². The average Bonchev–Trinajstić information content (AvgIpc) is 2.78. The van der Waals surface area contributed by atoms with E-state index in [2.05, 4.69) is 21.7 Å². The minimum Gasteiger partial charge on any atom is -0.507 e. The fourth-order valence-corrected chi connectivity index (χ4v) is 4.50. The largest absolute Gasteiger partial charge is 0.507 e. The number of ether oxygens (including phenoxy) is 1. The molecule has 9 heteroatoms. The summed E-state index contributed by atoms with van der Waals surface area (Å²) in [5.41, 5.74) is 1.58. The third-order valence-corrected chi connectivity index (χ3v) is 6.03. The van der Waals surface area contributed by atoms with Crippen LogP contribution in [0, 0.1) is 5.82 Å². The van der Waals surface area contributed by atoms with Crippen molar-refractivity contribution in [3.05, 3.63) is 53.8 Å². The fourth-order valence-electron chi connectivity index (χ4n) is 4.24. The van der Waals surface area contributed by atoms with E-state index in [1.807, 2.05) is 0 Å². The SMILES string of the molecule is C=CC(=O)N1CCN2c3c(nnc4cc(-c5c(O)cccc5F)c(Cl)cc34)OC[C@H]2C1. The molecule has 0 radical (unpaired) electrons. The molecule has 0 unspecified atom stereocenters. The number of anilines is 1. The molecule has 1 aromatic heterocycles. The van der Waals surface area contributed by atoms with Crippen molar-refractivity contribution < 1.29 is 19.0 Å². The van der Waals surface area contributed by atoms with Crippen LogP contribution in [0.25, 0.3) is 22.0 Å². The zero-order valence-corrected chi connectivity index (χ0v) is 17.1. The van der Waals surface area contributed by atoms with Crippen molar-refractivity contribution in [2.45, 2.75) is 6.04 Å². The van der Waals surface area contributed by atoms with Crippen LogP contribution in [0.4, 0.5) is 10.1 Å². The highest BCUT2D eigenvalue weighted by Gasteiger charge is 2.36. The van der Waals surface area contributed by atoms with E-state index in [0.717, 1.165) is 5.69 Å². The third-order valence-electron chi connectivity index (χ3n) is 5.72. The maximum Gasteiger partial charge on any atom is 0.258 e. The predicted octanol–water partition coefficient (Wildman–Crippen LogP) is 3.39. The van der Waals surface area contributed by atoms with Crippen molar-refractivity contribution in [3.63, 3.8) is 0 Å². The van der Waals surface area contributed by atoms with Gasteiger partial charge in [-0.1, -0.05) is 24.2 Å². The summed E-state index contributed by atoms with van der Waals surface area (Å²) in [6.45, 7) is 5.57. The van der Waals surface area contributed by atoms with Gasteiger partial charge in [-0.15, -0.1) is 10.2 Å². The number of phenols is 1. The zero-order valence-electron chi connectivity index (χ0n) is 16.4. The van der Waals surface area contributed by atoms with E-state index in [1.165, 1.54) is 24.3 Å². The molecule has 0 aliphatic carbocycles. The van der Waals surface area contributed by atoms with Crippen molar-refractivity contribution >= 4 is 34.1 Å². The Morgan fingerprint density at radius 3 is 2.94 bits per heavy atom. The van der Waals surface area contributed by atoms with Crippen molar-refractivity contribution in [1.82, 2.24) is 15.1 Å². The molecule has 0 bridgehead atoms. The molecule has 0 spiro atoms. The number of halogens is 2. The number of carbonyl (C=O) groups excluding carboxylic acids is 1. The number of hydrogen-bond donors (Lipinski definition) is 1. The van der Waals surface area contributed by atoms with Crippen LogP contribution in [-0.4, -0.2) is 58.4 Å². The number of rotatable bonds is 2. The van der Waals surface area contributed by atoms with E-state index in [9.17, 15) is 14.3 Å². The van der Waals surface area contributed by atoms with Crippen molar-refractivity contribution in [3.8, 4) is 22.8 Å². The number of carbonyl (C=O) groups is 1. The van der Waals surface area contributed by atoms with E-state index >= 15 is 0 Å². The lowest BCUT2D eigenvalue weighted by Gasteiger charge is -2.45. The van der Waals surface area contributed by atoms with Crippen LogP contribution >= 0.6 is 11.6 Å². The summed E-state index contributed by atoms with van der Waals surface area (Å²) >= 11 is 6.53. The number of nitrogens with zero attached hydrogens (tertiary/aromatic N) is 4. The summed E-state index contributed by atoms with van der Waals surface area (Å²) in [4.78, 5) is 15.9. The van der Waals surface area contributed by atoms with Crippen LogP contribution < -0.4 is 9.64 Å². The van der Waals surface area contributed by atoms with Crippen LogP contribution in [0.5, 0.6) is 11.6 Å². The van der Waals surface area contributed by atoms with E-state index in [-0.39, 0.29) is 28.3 Å². The zero-order chi connectivity index (χ0) is 21.7. The molecule has 5 rings (SSSR count). The number of benzene rings is 2. The van der Waals surface area contributed by atoms with Gasteiger partial charge in [-0.3, -0.25) is 4.79 Å². The lowest BCUT2D eigenvalue weighted by atomic mass is 10.0. The molecule has 0 saturated carbocycles. The number of piperazine rings is 1. The average molecular weight is 441 g/mol. The topological polar surface area (TPSA) is 78.8 Å². The van der Waals surface area contributed by atoms with Gasteiger partial charge in [-0.25, -0.2) is 4.39 Å². The quantitative estimate of drug-likeness (QED) is 0.615. The lowest BCUT2D eigenvalue weighted by Crippen LogP contribution is -2.58. The Morgan fingerprint density at radius 2 is 2.16 bits per heavy atom. The monoisotopic (exact) mass is 440 g/mol. The molecule has 1 saturated heterocycles. The van der Waals surface area contributed by atoms with Gasteiger partial charge in [0, 0.05) is 35.6 Å². The summed E-state index contributed by atoms with van der Waals surface area (Å²) in [5, 5.41) is 19.6. The molecule has 2 aliphatic heterocycles. The van der Waals surface area contributed by atoms with Gasteiger partial charge in [0.15, 0.2) is 0 Å². The Kier molecular flexibility index (Phi) is 4.66. The highest BCUT2D eigenvalue weighted by molar-refractivity contribution is 6.34. The van der Waals surface area contributed by atoms with Gasteiger partial charge in [-0.05, 0) is 30.3 Å². The Balaban J connectivity index is 1.61. The van der Waals surface area contributed by atoms with Gasteiger partial charge in [0.2, 0.25) is 5.91 Å². The number of aromatic hydroxyl groups is 1. The second-order valence-electron chi connectivity index (χ2n) is 7.48. The second-order valence-corrected chi connectivity index (χ2v) is 7.89. The molecule has 7 nitrogen and oxygen atoms in total. The minimum atomic E-state index is -0.585. The third kappa shape index (κ3) is 3.14. The molecule has 1 amide bonds.